The van der Waals surface area contributed by atoms with E-state index in [1.165, 1.54) is 49.2 Å². The van der Waals surface area contributed by atoms with Crippen molar-refractivity contribution >= 4 is 80.2 Å². The Morgan fingerprint density at radius 1 is 0.622 bits per heavy atom. The van der Waals surface area contributed by atoms with Crippen LogP contribution < -0.4 is 20.5 Å². The van der Waals surface area contributed by atoms with Crippen molar-refractivity contribution in [2.24, 2.45) is 5.73 Å². The van der Waals surface area contributed by atoms with Crippen LogP contribution in [0.15, 0.2) is 93.8 Å². The fraction of sp³-hybridized carbons (Fsp3) is 0.492. The van der Waals surface area contributed by atoms with Crippen molar-refractivity contribution in [3.63, 3.8) is 0 Å². The summed E-state index contributed by atoms with van der Waals surface area (Å²) in [4.78, 5) is 32.2. The summed E-state index contributed by atoms with van der Waals surface area (Å²) in [7, 11) is 4.20. The van der Waals surface area contributed by atoms with Crippen LogP contribution in [-0.4, -0.2) is 151 Å². The Morgan fingerprint density at radius 2 is 1.04 bits per heavy atom. The molecule has 0 saturated carbocycles. The number of benzene rings is 4. The number of carbonyl (C=O) groups is 2. The molecule has 4 aliphatic heterocycles. The number of ether oxygens (including phenoxy) is 2. The minimum absolute atomic E-state index is 0. The van der Waals surface area contributed by atoms with Crippen LogP contribution in [0.5, 0.6) is 11.5 Å². The first kappa shape index (κ1) is 64.7. The first-order valence-electron chi connectivity index (χ1n) is 27.1. The lowest BCUT2D eigenvalue weighted by atomic mass is 10.0. The standard InChI is InChI=1S/C29H33Cl2F2N3O4.C19H30ClN3O2.C10H5ClF2O3.CH4/c1-35-12-8-21(9-13-35)39-25-6-4-18(15-22(25)31)27(37)23(17-36-10-2-3-11-36)34-28(38)29(32,33)26-16-19-14-20(30)5-7-24(19)40-26;1-22-10-6-15(7-11-22)25-18-5-4-14(12-16(18)20)19(24)17(21)13-23-8-2-3-9-23;11-6-1-2-7-5(3-6)4-8(16-7)10(12,13)9(14)15;/h4-7,14-16,21,23,27,37H,2-3,8-13,17H2,1H3,(H,34,38);4-5,12,15,17,19,24H,2-3,6-11,13,21H2,1H3;1-4H,(H,14,15);1H4/t23-,27-;17-,19?;;/m11../s1. The molecule has 82 heavy (non-hydrogen) atoms. The van der Waals surface area contributed by atoms with E-state index in [0.29, 0.717) is 54.5 Å². The fourth-order valence-corrected chi connectivity index (χ4v) is 11.1. The molecular weight excluding hydrogens is 1150 g/mol. The van der Waals surface area contributed by atoms with Gasteiger partial charge in [-0.1, -0.05) is 66.0 Å². The molecule has 2 aromatic heterocycles. The molecule has 6 aromatic rings. The number of rotatable bonds is 17. The summed E-state index contributed by atoms with van der Waals surface area (Å²) >= 11 is 24.5. The number of amides is 1. The number of nitrogens with zero attached hydrogens (tertiary/aromatic N) is 4. The summed E-state index contributed by atoms with van der Waals surface area (Å²) in [6, 6.07) is 20.0. The molecule has 4 fully saturated rings. The largest absolute Gasteiger partial charge is 0.489 e. The van der Waals surface area contributed by atoms with Gasteiger partial charge in [-0.25, -0.2) is 4.79 Å². The van der Waals surface area contributed by atoms with Crippen molar-refractivity contribution in [2.45, 2.75) is 107 Å². The first-order chi connectivity index (χ1) is 38.5. The van der Waals surface area contributed by atoms with Crippen molar-refractivity contribution < 1.29 is 60.8 Å². The van der Waals surface area contributed by atoms with Gasteiger partial charge in [-0.2, -0.15) is 17.6 Å². The minimum atomic E-state index is -4.04. The molecule has 4 aromatic carbocycles. The number of halogens is 8. The average molecular weight is 1230 g/mol. The molecule has 6 N–H and O–H groups in total. The van der Waals surface area contributed by atoms with E-state index in [1.807, 2.05) is 17.0 Å². The topological polar surface area (TPSA) is 191 Å². The molecule has 0 bridgehead atoms. The summed E-state index contributed by atoms with van der Waals surface area (Å²) in [5.41, 5.74) is 7.72. The van der Waals surface area contributed by atoms with Gasteiger partial charge in [-0.05, 0) is 176 Å². The quantitative estimate of drug-likeness (QED) is 0.0542. The van der Waals surface area contributed by atoms with Crippen molar-refractivity contribution in [3.8, 4) is 11.5 Å². The molecule has 0 aliphatic carbocycles. The maximum atomic E-state index is 15.3. The Bertz CT molecular complexity index is 3070. The van der Waals surface area contributed by atoms with E-state index in [2.05, 4.69) is 34.1 Å². The Hall–Kier alpha value is -4.90. The highest BCUT2D eigenvalue weighted by Crippen LogP contribution is 2.38. The van der Waals surface area contributed by atoms with Crippen LogP contribution in [0.4, 0.5) is 17.6 Å². The fourth-order valence-electron chi connectivity index (χ4n) is 10.3. The highest BCUT2D eigenvalue weighted by Gasteiger charge is 2.47. The summed E-state index contributed by atoms with van der Waals surface area (Å²) in [5, 5.41) is 34.9. The zero-order valence-corrected chi connectivity index (χ0v) is 48.0. The van der Waals surface area contributed by atoms with Crippen LogP contribution >= 0.6 is 46.4 Å². The molecule has 0 radical (unpaired) electrons. The van der Waals surface area contributed by atoms with Crippen LogP contribution in [0.1, 0.15) is 93.6 Å². The van der Waals surface area contributed by atoms with Gasteiger partial charge in [-0.3, -0.25) is 4.79 Å². The number of aliphatic carboxylic acids is 1. The van der Waals surface area contributed by atoms with Crippen molar-refractivity contribution in [3.05, 3.63) is 128 Å². The van der Waals surface area contributed by atoms with Gasteiger partial charge in [0.2, 0.25) is 0 Å². The number of nitrogens with one attached hydrogen (secondary N) is 1. The number of nitrogens with two attached hydrogens (primary N) is 1. The number of aliphatic hydroxyl groups is 2. The maximum absolute atomic E-state index is 15.3. The molecule has 10 rings (SSSR count). The average Bonchev–Trinajstić information content (AvgIpc) is 4.35. The van der Waals surface area contributed by atoms with Gasteiger partial charge in [0.1, 0.15) is 41.0 Å². The third-order valence-electron chi connectivity index (χ3n) is 15.1. The highest BCUT2D eigenvalue weighted by atomic mass is 35.5. The molecular formula is C59H72Cl4F4N6O9. The van der Waals surface area contributed by atoms with Crippen LogP contribution in [0.25, 0.3) is 21.9 Å². The number of carbonyl (C=O) groups excluding carboxylic acids is 1. The predicted molar refractivity (Wildman–Crippen MR) is 311 cm³/mol. The lowest BCUT2D eigenvalue weighted by Gasteiger charge is -2.31. The second-order valence-electron chi connectivity index (χ2n) is 21.3. The van der Waals surface area contributed by atoms with Gasteiger partial charge < -0.3 is 64.3 Å². The van der Waals surface area contributed by atoms with E-state index in [1.54, 1.807) is 24.3 Å². The third-order valence-corrected chi connectivity index (χ3v) is 16.1. The summed E-state index contributed by atoms with van der Waals surface area (Å²) in [5.74, 6) is -12.3. The number of hydrogen-bond acceptors (Lipinski definition) is 13. The second kappa shape index (κ2) is 28.8. The lowest BCUT2D eigenvalue weighted by molar-refractivity contribution is -0.168. The van der Waals surface area contributed by atoms with Crippen molar-refractivity contribution in [2.75, 3.05) is 79.5 Å². The second-order valence-corrected chi connectivity index (χ2v) is 23.0. The maximum Gasteiger partial charge on any atom is 0.399 e. The van der Waals surface area contributed by atoms with Crippen molar-refractivity contribution in [1.29, 1.82) is 0 Å². The Morgan fingerprint density at radius 3 is 1.46 bits per heavy atom. The van der Waals surface area contributed by atoms with E-state index in [0.717, 1.165) is 109 Å². The van der Waals surface area contributed by atoms with E-state index in [9.17, 15) is 28.6 Å². The Kier molecular flexibility index (Phi) is 22.7. The van der Waals surface area contributed by atoms with Crippen LogP contribution in [0.3, 0.4) is 0 Å². The number of alkyl halides is 4. The highest BCUT2D eigenvalue weighted by molar-refractivity contribution is 6.32. The van der Waals surface area contributed by atoms with Crippen LogP contribution in [-0.2, 0) is 21.4 Å². The normalized spacial score (nSPS) is 18.6. The zero-order chi connectivity index (χ0) is 58.2. The predicted octanol–water partition coefficient (Wildman–Crippen LogP) is 11.8. The van der Waals surface area contributed by atoms with Crippen LogP contribution in [0.2, 0.25) is 20.1 Å². The number of likely N-dealkylation sites (tertiary alicyclic amines) is 4. The van der Waals surface area contributed by atoms with Crippen LogP contribution in [0, 0.1) is 0 Å². The van der Waals surface area contributed by atoms with E-state index >= 15 is 8.78 Å². The molecule has 1 unspecified atom stereocenters. The van der Waals surface area contributed by atoms with Gasteiger partial charge >= 0.3 is 17.8 Å². The minimum Gasteiger partial charge on any atom is -0.489 e. The third kappa shape index (κ3) is 16.7. The molecule has 23 heteroatoms. The number of piperidine rings is 2. The van der Waals surface area contributed by atoms with Gasteiger partial charge in [0.15, 0.2) is 11.5 Å². The molecule has 1 amide bonds. The zero-order valence-electron chi connectivity index (χ0n) is 45.0. The molecule has 4 saturated heterocycles. The first-order valence-corrected chi connectivity index (χ1v) is 28.6. The van der Waals surface area contributed by atoms with E-state index < -0.39 is 53.5 Å². The number of hydrogen-bond donors (Lipinski definition) is 5. The Labute approximate surface area is 495 Å². The van der Waals surface area contributed by atoms with Gasteiger partial charge in [-0.15, -0.1) is 0 Å². The Balaban J connectivity index is 0.000000196. The van der Waals surface area contributed by atoms with Gasteiger partial charge in [0.25, 0.3) is 5.91 Å². The molecule has 15 nitrogen and oxygen atoms in total. The van der Waals surface area contributed by atoms with E-state index in [-0.39, 0.29) is 43.4 Å². The molecule has 0 spiro atoms. The SMILES string of the molecule is C.CN1CCC(Oc2ccc(C(O)[C@H](N)CN3CCCC3)cc2Cl)CC1.CN1CCC(Oc2ccc([C@@H](O)[C@@H](CN3CCCC3)NC(=O)C(F)(F)c3cc4cc(Cl)ccc4o3)cc2Cl)CC1.O=C(O)C(F)(F)c1cc2cc(Cl)ccc2o1. The molecule has 6 heterocycles. The van der Waals surface area contributed by atoms with Crippen molar-refractivity contribution in [1.82, 2.24) is 24.9 Å². The number of carboxylic acid groups (broad SMARTS) is 1. The van der Waals surface area contributed by atoms with Gasteiger partial charge in [0, 0.05) is 66.1 Å². The number of carboxylic acids is 1. The monoisotopic (exact) mass is 1220 g/mol. The molecule has 4 aliphatic rings. The number of fused-ring (bicyclic) bond motifs is 2. The summed E-state index contributed by atoms with van der Waals surface area (Å²) in [6.45, 7) is 8.53. The van der Waals surface area contributed by atoms with E-state index in [4.69, 9.17) is 75.6 Å². The smallest absolute Gasteiger partial charge is 0.399 e. The van der Waals surface area contributed by atoms with Gasteiger partial charge in [0.05, 0.1) is 22.2 Å². The summed E-state index contributed by atoms with van der Waals surface area (Å²) < 4.78 is 79.0. The number of aliphatic hydroxyl groups excluding tert-OH is 2. The number of furan rings is 2. The summed E-state index contributed by atoms with van der Waals surface area (Å²) in [6.07, 6.45) is 6.41. The molecule has 4 atom stereocenters. The molecule has 448 valence electrons. The lowest BCUT2D eigenvalue weighted by Crippen LogP contribution is -2.50.